The normalized spacial score (nSPS) is 13.4. The molecule has 7 rings (SSSR count). The average molecular weight is 610 g/mol. The number of hydrogen-bond acceptors (Lipinski definition) is 3. The molecule has 0 saturated heterocycles. The van der Waals surface area contributed by atoms with Gasteiger partial charge in [0.25, 0.3) is 0 Å². The van der Waals surface area contributed by atoms with Crippen molar-refractivity contribution in [1.82, 2.24) is 19.5 Å². The maximum absolute atomic E-state index is 5.09. The van der Waals surface area contributed by atoms with Crippen LogP contribution in [0.1, 0.15) is 36.2 Å². The predicted octanol–water partition coefficient (Wildman–Crippen LogP) is 9.69. The highest BCUT2D eigenvalue weighted by Crippen LogP contribution is 2.50. The number of aryl methyl sites for hydroxylation is 1. The molecule has 0 N–H and O–H groups in total. The van der Waals surface area contributed by atoms with E-state index in [1.165, 1.54) is 27.6 Å². The summed E-state index contributed by atoms with van der Waals surface area (Å²) in [5.41, 5.74) is 10.2. The Morgan fingerprint density at radius 1 is 0.762 bits per heavy atom. The molecule has 0 unspecified atom stereocenters. The van der Waals surface area contributed by atoms with Crippen LogP contribution in [-0.2, 0) is 5.41 Å². The summed E-state index contributed by atoms with van der Waals surface area (Å²) < 4.78 is 2.97. The van der Waals surface area contributed by atoms with Crippen molar-refractivity contribution < 1.29 is 0 Å². The van der Waals surface area contributed by atoms with Gasteiger partial charge in [0.1, 0.15) is 0 Å². The van der Waals surface area contributed by atoms with E-state index < -0.39 is 0 Å². The van der Waals surface area contributed by atoms with Crippen LogP contribution in [0.15, 0.2) is 114 Å². The molecule has 0 saturated carbocycles. The molecule has 0 radical (unpaired) electrons. The molecular weight excluding hydrogens is 580 g/mol. The zero-order valence-electron chi connectivity index (χ0n) is 23.8. The zero-order chi connectivity index (χ0) is 29.0. The van der Waals surface area contributed by atoms with Crippen LogP contribution in [0.25, 0.3) is 56.8 Å². The van der Waals surface area contributed by atoms with Crippen LogP contribution in [-0.4, -0.2) is 19.5 Å². The van der Waals surface area contributed by atoms with Crippen LogP contribution < -0.4 is 0 Å². The minimum absolute atomic E-state index is 0.132. The number of rotatable bonds is 5. The molecule has 1 aliphatic rings. The van der Waals surface area contributed by atoms with Gasteiger partial charge in [-0.05, 0) is 59.0 Å². The van der Waals surface area contributed by atoms with Gasteiger partial charge in [0.15, 0.2) is 11.6 Å². The van der Waals surface area contributed by atoms with Crippen molar-refractivity contribution in [2.24, 2.45) is 0 Å². The second-order valence-corrected chi connectivity index (χ2v) is 12.2. The molecule has 0 fully saturated rings. The summed E-state index contributed by atoms with van der Waals surface area (Å²) in [6.07, 6.45) is 4.06. The highest BCUT2D eigenvalue weighted by molar-refractivity contribution is 9.11. The van der Waals surface area contributed by atoms with E-state index in [1.54, 1.807) is 0 Å². The molecule has 0 amide bonds. The van der Waals surface area contributed by atoms with E-state index in [0.29, 0.717) is 17.6 Å². The fourth-order valence-electron chi connectivity index (χ4n) is 6.14. The number of aromatic nitrogens is 4. The summed E-state index contributed by atoms with van der Waals surface area (Å²) >= 11 is 3.51. The van der Waals surface area contributed by atoms with E-state index in [9.17, 15) is 0 Å². The second kappa shape index (κ2) is 10.0. The fraction of sp³-hybridized carbons (Fsp3) is 0.108. The quantitative estimate of drug-likeness (QED) is 0.183. The Morgan fingerprint density at radius 3 is 1.98 bits per heavy atom. The molecule has 2 heterocycles. The first-order valence-electron chi connectivity index (χ1n) is 14.0. The van der Waals surface area contributed by atoms with Crippen LogP contribution in [0, 0.1) is 6.92 Å². The molecule has 42 heavy (non-hydrogen) atoms. The maximum atomic E-state index is 5.09. The predicted molar refractivity (Wildman–Crippen MR) is 177 cm³/mol. The van der Waals surface area contributed by atoms with Crippen molar-refractivity contribution in [3.05, 3.63) is 137 Å². The van der Waals surface area contributed by atoms with Crippen LogP contribution in [0.2, 0.25) is 0 Å². The lowest BCUT2D eigenvalue weighted by molar-refractivity contribution is 0.661. The Hall–Kier alpha value is -4.61. The molecule has 4 nitrogen and oxygen atoms in total. The first-order valence-corrected chi connectivity index (χ1v) is 14.8. The smallest absolute Gasteiger partial charge is 0.238 e. The number of fused-ring (bicyclic) bond motifs is 4. The zero-order valence-corrected chi connectivity index (χ0v) is 25.4. The van der Waals surface area contributed by atoms with Crippen molar-refractivity contribution in [1.29, 1.82) is 0 Å². The Morgan fingerprint density at radius 2 is 1.36 bits per heavy atom. The molecule has 0 bridgehead atoms. The van der Waals surface area contributed by atoms with E-state index in [0.717, 1.165) is 32.4 Å². The van der Waals surface area contributed by atoms with Gasteiger partial charge < -0.3 is 0 Å². The lowest BCUT2D eigenvalue weighted by atomic mass is 9.82. The molecule has 0 atom stereocenters. The lowest BCUT2D eigenvalue weighted by Crippen LogP contribution is -2.15. The summed E-state index contributed by atoms with van der Waals surface area (Å²) in [6, 6.07) is 33.6. The second-order valence-electron chi connectivity index (χ2n) is 11.2. The molecule has 6 aromatic rings. The van der Waals surface area contributed by atoms with Gasteiger partial charge in [-0.25, -0.2) is 4.98 Å². The molecular formula is C37H29BrN4. The molecule has 0 spiro atoms. The standard InChI is InChI=1S/C37H29BrN4/c1-23(38)19-20-32-24(2)28-21-29-27-17-11-12-18-30(27)37(3,4)31(29)22-33(28)42(32)36-40-34(25-13-7-5-8-14-25)39-35(41-36)26-15-9-6-10-16-26/h5-22H,1H2,2-4H3/b20-19-. The van der Waals surface area contributed by atoms with Crippen LogP contribution in [0.5, 0.6) is 0 Å². The van der Waals surface area contributed by atoms with Gasteiger partial charge >= 0.3 is 0 Å². The Kier molecular flexibility index (Phi) is 6.28. The largest absolute Gasteiger partial charge is 0.278 e. The van der Waals surface area contributed by atoms with E-state index >= 15 is 0 Å². The van der Waals surface area contributed by atoms with Crippen molar-refractivity contribution >= 4 is 32.9 Å². The monoisotopic (exact) mass is 608 g/mol. The summed E-state index contributed by atoms with van der Waals surface area (Å²) in [5, 5.41) is 1.17. The van der Waals surface area contributed by atoms with Gasteiger partial charge in [0, 0.05) is 26.4 Å². The number of nitrogens with zero attached hydrogens (tertiary/aromatic N) is 4. The summed E-state index contributed by atoms with van der Waals surface area (Å²) in [6.45, 7) is 10.8. The van der Waals surface area contributed by atoms with E-state index in [1.807, 2.05) is 66.7 Å². The van der Waals surface area contributed by atoms with Gasteiger partial charge in [0.05, 0.1) is 11.2 Å². The third-order valence-electron chi connectivity index (χ3n) is 8.28. The minimum Gasteiger partial charge on any atom is -0.278 e. The maximum Gasteiger partial charge on any atom is 0.238 e. The first-order chi connectivity index (χ1) is 20.3. The van der Waals surface area contributed by atoms with Crippen LogP contribution in [0.4, 0.5) is 0 Å². The fourth-order valence-corrected chi connectivity index (χ4v) is 6.27. The molecule has 1 aliphatic carbocycles. The molecule has 0 aliphatic heterocycles. The van der Waals surface area contributed by atoms with E-state index in [2.05, 4.69) is 90.3 Å². The van der Waals surface area contributed by atoms with Crippen molar-refractivity contribution in [2.45, 2.75) is 26.2 Å². The third kappa shape index (κ3) is 4.24. The van der Waals surface area contributed by atoms with Crippen LogP contribution >= 0.6 is 15.9 Å². The summed E-state index contributed by atoms with van der Waals surface area (Å²) in [5.74, 6) is 1.84. The van der Waals surface area contributed by atoms with Gasteiger partial charge in [-0.3, -0.25) is 4.57 Å². The van der Waals surface area contributed by atoms with Gasteiger partial charge in [-0.1, -0.05) is 121 Å². The number of allylic oxidation sites excluding steroid dienone is 2. The van der Waals surface area contributed by atoms with Crippen molar-refractivity contribution in [3.63, 3.8) is 0 Å². The Bertz CT molecular complexity index is 1980. The van der Waals surface area contributed by atoms with E-state index in [4.69, 9.17) is 15.0 Å². The number of halogens is 1. The highest BCUT2D eigenvalue weighted by atomic mass is 79.9. The molecule has 4 aromatic carbocycles. The lowest BCUT2D eigenvalue weighted by Gasteiger charge is -2.21. The van der Waals surface area contributed by atoms with E-state index in [-0.39, 0.29) is 5.41 Å². The highest BCUT2D eigenvalue weighted by Gasteiger charge is 2.36. The Balaban J connectivity index is 1.56. The average Bonchev–Trinajstić information content (AvgIpc) is 3.42. The molecule has 204 valence electrons. The SMILES string of the molecule is C=C(Br)/C=C\c1c(C)c2cc3c(cc2n1-c1nc(-c2ccccc2)nc(-c2ccccc2)n1)C(C)(C)c1ccccc1-3. The first kappa shape index (κ1) is 26.3. The van der Waals surface area contributed by atoms with Gasteiger partial charge in [0.2, 0.25) is 5.95 Å². The van der Waals surface area contributed by atoms with Gasteiger partial charge in [-0.2, -0.15) is 9.97 Å². The number of hydrogen-bond donors (Lipinski definition) is 0. The van der Waals surface area contributed by atoms with Crippen LogP contribution in [0.3, 0.4) is 0 Å². The third-order valence-corrected chi connectivity index (χ3v) is 8.54. The Labute approximate surface area is 254 Å². The topological polar surface area (TPSA) is 43.6 Å². The summed E-state index contributed by atoms with van der Waals surface area (Å²) in [4.78, 5) is 15.1. The molecule has 5 heteroatoms. The van der Waals surface area contributed by atoms with Gasteiger partial charge in [-0.15, -0.1) is 0 Å². The van der Waals surface area contributed by atoms with Crippen molar-refractivity contribution in [2.75, 3.05) is 0 Å². The van der Waals surface area contributed by atoms with Crippen molar-refractivity contribution in [3.8, 4) is 39.9 Å². The number of benzene rings is 4. The minimum atomic E-state index is -0.132. The molecule has 2 aromatic heterocycles. The summed E-state index contributed by atoms with van der Waals surface area (Å²) in [7, 11) is 0.